The number of carbonyl (C=O) groups is 2. The van der Waals surface area contributed by atoms with Crippen molar-refractivity contribution >= 4 is 27.3 Å². The van der Waals surface area contributed by atoms with Crippen LogP contribution in [-0.4, -0.2) is 45.0 Å². The molecule has 3 rings (SSSR count). The third-order valence-corrected chi connectivity index (χ3v) is 6.46. The summed E-state index contributed by atoms with van der Waals surface area (Å²) < 4.78 is 24.0. The lowest BCUT2D eigenvalue weighted by Crippen LogP contribution is -2.33. The average Bonchev–Trinajstić information content (AvgIpc) is 2.92. The molecule has 2 aromatic rings. The standard InChI is InChI=1S/C21H24N2O4S/c1-13-9-10-15(11-14(13)2)16-12-23(3)21(25)19(16)20(24)22-17-7-5-6-8-18(17)28(4,26)27/h5-11,16,19H,12H2,1-4H3,(H,22,24)/t16-,19+/m1/s1. The van der Waals surface area contributed by atoms with Crippen LogP contribution >= 0.6 is 0 Å². The number of para-hydroxylation sites is 1. The lowest BCUT2D eigenvalue weighted by atomic mass is 9.86. The molecule has 0 saturated carbocycles. The van der Waals surface area contributed by atoms with E-state index in [0.717, 1.165) is 22.9 Å². The van der Waals surface area contributed by atoms with E-state index < -0.39 is 21.7 Å². The molecule has 0 unspecified atom stereocenters. The highest BCUT2D eigenvalue weighted by Gasteiger charge is 2.44. The number of amides is 2. The van der Waals surface area contributed by atoms with Crippen LogP contribution in [0.3, 0.4) is 0 Å². The first-order valence-corrected chi connectivity index (χ1v) is 10.9. The SMILES string of the molecule is Cc1ccc([C@H]2CN(C)C(=O)[C@@H]2C(=O)Nc2ccccc2S(C)(=O)=O)cc1C. The number of aryl methyl sites for hydroxylation is 2. The molecular weight excluding hydrogens is 376 g/mol. The number of nitrogens with one attached hydrogen (secondary N) is 1. The van der Waals surface area contributed by atoms with Gasteiger partial charge in [-0.1, -0.05) is 30.3 Å². The second-order valence-electron chi connectivity index (χ2n) is 7.40. The van der Waals surface area contributed by atoms with Gasteiger partial charge in [0, 0.05) is 25.8 Å². The number of rotatable bonds is 4. The third kappa shape index (κ3) is 3.80. The van der Waals surface area contributed by atoms with Crippen LogP contribution in [0, 0.1) is 19.8 Å². The van der Waals surface area contributed by atoms with Crippen molar-refractivity contribution in [2.75, 3.05) is 25.2 Å². The Bertz CT molecular complexity index is 1050. The summed E-state index contributed by atoms with van der Waals surface area (Å²) in [4.78, 5) is 27.3. The van der Waals surface area contributed by atoms with E-state index in [9.17, 15) is 18.0 Å². The van der Waals surface area contributed by atoms with Crippen LogP contribution in [0.4, 0.5) is 5.69 Å². The summed E-state index contributed by atoms with van der Waals surface area (Å²) in [6.45, 7) is 4.45. The number of carbonyl (C=O) groups excluding carboxylic acids is 2. The maximum absolute atomic E-state index is 13.0. The molecule has 1 fully saturated rings. The highest BCUT2D eigenvalue weighted by molar-refractivity contribution is 7.90. The lowest BCUT2D eigenvalue weighted by molar-refractivity contribution is -0.135. The van der Waals surface area contributed by atoms with Crippen molar-refractivity contribution in [2.24, 2.45) is 5.92 Å². The second-order valence-corrected chi connectivity index (χ2v) is 9.39. The minimum Gasteiger partial charge on any atom is -0.344 e. The fraction of sp³-hybridized carbons (Fsp3) is 0.333. The van der Waals surface area contributed by atoms with Gasteiger partial charge in [-0.25, -0.2) is 8.42 Å². The van der Waals surface area contributed by atoms with Gasteiger partial charge < -0.3 is 10.2 Å². The maximum Gasteiger partial charge on any atom is 0.237 e. The summed E-state index contributed by atoms with van der Waals surface area (Å²) in [5, 5.41) is 2.67. The molecule has 0 bridgehead atoms. The molecule has 2 aromatic carbocycles. The summed E-state index contributed by atoms with van der Waals surface area (Å²) in [7, 11) is -1.84. The lowest BCUT2D eigenvalue weighted by Gasteiger charge is -2.19. The monoisotopic (exact) mass is 400 g/mol. The molecule has 0 spiro atoms. The highest BCUT2D eigenvalue weighted by atomic mass is 32.2. The molecule has 1 N–H and O–H groups in total. The molecule has 6 nitrogen and oxygen atoms in total. The average molecular weight is 401 g/mol. The molecule has 1 aliphatic rings. The largest absolute Gasteiger partial charge is 0.344 e. The van der Waals surface area contributed by atoms with Crippen LogP contribution in [0.15, 0.2) is 47.4 Å². The van der Waals surface area contributed by atoms with Gasteiger partial charge >= 0.3 is 0 Å². The molecule has 2 atom stereocenters. The van der Waals surface area contributed by atoms with Gasteiger partial charge in [-0.05, 0) is 42.7 Å². The smallest absolute Gasteiger partial charge is 0.237 e. The zero-order valence-electron chi connectivity index (χ0n) is 16.4. The van der Waals surface area contributed by atoms with Crippen molar-refractivity contribution in [1.29, 1.82) is 0 Å². The van der Waals surface area contributed by atoms with E-state index in [0.29, 0.717) is 6.54 Å². The minimum atomic E-state index is -3.51. The molecule has 0 radical (unpaired) electrons. The van der Waals surface area contributed by atoms with Crippen molar-refractivity contribution in [3.05, 3.63) is 59.2 Å². The van der Waals surface area contributed by atoms with Crippen LogP contribution < -0.4 is 5.32 Å². The summed E-state index contributed by atoms with van der Waals surface area (Å²) in [5.41, 5.74) is 3.36. The number of likely N-dealkylation sites (tertiary alicyclic amines) is 1. The summed E-state index contributed by atoms with van der Waals surface area (Å²) in [6.07, 6.45) is 1.09. The second kappa shape index (κ2) is 7.39. The first-order chi connectivity index (χ1) is 13.1. The number of sulfone groups is 1. The quantitative estimate of drug-likeness (QED) is 0.800. The molecule has 7 heteroatoms. The van der Waals surface area contributed by atoms with E-state index >= 15 is 0 Å². The van der Waals surface area contributed by atoms with Crippen molar-refractivity contribution in [1.82, 2.24) is 4.90 Å². The molecule has 1 saturated heterocycles. The number of anilines is 1. The topological polar surface area (TPSA) is 83.6 Å². The summed E-state index contributed by atoms with van der Waals surface area (Å²) >= 11 is 0. The number of nitrogens with zero attached hydrogens (tertiary/aromatic N) is 1. The zero-order valence-corrected chi connectivity index (χ0v) is 17.2. The summed E-state index contributed by atoms with van der Waals surface area (Å²) in [5.74, 6) is -1.95. The molecule has 2 amide bonds. The van der Waals surface area contributed by atoms with Crippen molar-refractivity contribution < 1.29 is 18.0 Å². The fourth-order valence-corrected chi connectivity index (χ4v) is 4.44. The van der Waals surface area contributed by atoms with E-state index in [1.54, 1.807) is 24.1 Å². The Morgan fingerprint density at radius 2 is 1.79 bits per heavy atom. The van der Waals surface area contributed by atoms with Crippen LogP contribution in [0.2, 0.25) is 0 Å². The molecule has 28 heavy (non-hydrogen) atoms. The number of hydrogen-bond donors (Lipinski definition) is 1. The van der Waals surface area contributed by atoms with Gasteiger partial charge in [-0.3, -0.25) is 9.59 Å². The Morgan fingerprint density at radius 3 is 2.43 bits per heavy atom. The molecule has 148 valence electrons. The maximum atomic E-state index is 13.0. The van der Waals surface area contributed by atoms with Crippen LogP contribution in [0.5, 0.6) is 0 Å². The van der Waals surface area contributed by atoms with Gasteiger partial charge in [-0.2, -0.15) is 0 Å². The Morgan fingerprint density at radius 1 is 1.11 bits per heavy atom. The Balaban J connectivity index is 1.95. The van der Waals surface area contributed by atoms with E-state index in [2.05, 4.69) is 5.32 Å². The van der Waals surface area contributed by atoms with Gasteiger partial charge in [-0.15, -0.1) is 0 Å². The molecule has 1 aliphatic heterocycles. The van der Waals surface area contributed by atoms with Gasteiger partial charge in [0.05, 0.1) is 10.6 Å². The minimum absolute atomic E-state index is 0.0323. The molecule has 0 aliphatic carbocycles. The predicted molar refractivity (Wildman–Crippen MR) is 108 cm³/mol. The fourth-order valence-electron chi connectivity index (χ4n) is 3.59. The van der Waals surface area contributed by atoms with Gasteiger partial charge in [0.15, 0.2) is 9.84 Å². The first kappa shape index (κ1) is 20.1. The normalized spacial score (nSPS) is 19.7. The van der Waals surface area contributed by atoms with Crippen LogP contribution in [-0.2, 0) is 19.4 Å². The van der Waals surface area contributed by atoms with Crippen molar-refractivity contribution in [3.8, 4) is 0 Å². The first-order valence-electron chi connectivity index (χ1n) is 9.01. The molecule has 0 aromatic heterocycles. The summed E-state index contributed by atoms with van der Waals surface area (Å²) in [6, 6.07) is 12.2. The van der Waals surface area contributed by atoms with E-state index in [-0.39, 0.29) is 22.4 Å². The third-order valence-electron chi connectivity index (χ3n) is 5.30. The Kier molecular flexibility index (Phi) is 5.30. The van der Waals surface area contributed by atoms with E-state index in [4.69, 9.17) is 0 Å². The van der Waals surface area contributed by atoms with Crippen LogP contribution in [0.25, 0.3) is 0 Å². The predicted octanol–water partition coefficient (Wildman–Crippen LogP) is 2.52. The molecule has 1 heterocycles. The number of benzene rings is 2. The number of hydrogen-bond acceptors (Lipinski definition) is 4. The van der Waals surface area contributed by atoms with Crippen molar-refractivity contribution in [3.63, 3.8) is 0 Å². The Hall–Kier alpha value is -2.67. The van der Waals surface area contributed by atoms with Gasteiger partial charge in [0.25, 0.3) is 0 Å². The van der Waals surface area contributed by atoms with Gasteiger partial charge in [0.1, 0.15) is 5.92 Å². The Labute approximate surface area is 165 Å². The molecular formula is C21H24N2O4S. The highest BCUT2D eigenvalue weighted by Crippen LogP contribution is 2.35. The zero-order chi connectivity index (χ0) is 20.6. The van der Waals surface area contributed by atoms with Crippen molar-refractivity contribution in [2.45, 2.75) is 24.7 Å². The van der Waals surface area contributed by atoms with E-state index in [1.165, 1.54) is 12.1 Å². The number of likely N-dealkylation sites (N-methyl/N-ethyl adjacent to an activating group) is 1. The van der Waals surface area contributed by atoms with E-state index in [1.807, 2.05) is 32.0 Å². The van der Waals surface area contributed by atoms with Gasteiger partial charge in [0.2, 0.25) is 11.8 Å². The van der Waals surface area contributed by atoms with Crippen LogP contribution in [0.1, 0.15) is 22.6 Å².